The van der Waals surface area contributed by atoms with Gasteiger partial charge in [0.2, 0.25) is 0 Å². The minimum atomic E-state index is 1.03. The third kappa shape index (κ3) is 14.1. The summed E-state index contributed by atoms with van der Waals surface area (Å²) in [4.78, 5) is 0. The first-order valence-electron chi connectivity index (χ1n) is 8.84. The van der Waals surface area contributed by atoms with Crippen LogP contribution in [0.2, 0.25) is 0 Å². The van der Waals surface area contributed by atoms with E-state index in [2.05, 4.69) is 13.8 Å². The Morgan fingerprint density at radius 3 is 1.72 bits per heavy atom. The highest BCUT2D eigenvalue weighted by atomic mass is 14.3. The Labute approximate surface area is 119 Å². The first-order chi connectivity index (χ1) is 8.84. The molecule has 0 radical (unpaired) electrons. The second-order valence-corrected chi connectivity index (χ2v) is 4.52. The Kier molecular flexibility index (Phi) is 28.5. The Hall–Kier alpha value is 0. The van der Waals surface area contributed by atoms with Gasteiger partial charge in [0.25, 0.3) is 0 Å². The molecule has 0 N–H and O–H groups in total. The topological polar surface area (TPSA) is 0 Å². The standard InChI is InChI=1S/C12H24.3C2H6/c1-3-4-5-6-9-12-10-7-8-11(12)2;3*1-2/h11-12H,3-10H2,1-2H3;3*1-2H3. The molecule has 0 aromatic rings. The average Bonchev–Trinajstić information content (AvgIpc) is 2.87. The van der Waals surface area contributed by atoms with Gasteiger partial charge in [-0.05, 0) is 11.8 Å². The molecule has 0 aromatic carbocycles. The summed E-state index contributed by atoms with van der Waals surface area (Å²) in [6.45, 7) is 16.7. The summed E-state index contributed by atoms with van der Waals surface area (Å²) < 4.78 is 0. The lowest BCUT2D eigenvalue weighted by Gasteiger charge is -2.14. The summed E-state index contributed by atoms with van der Waals surface area (Å²) >= 11 is 0. The van der Waals surface area contributed by atoms with Gasteiger partial charge in [-0.1, -0.05) is 107 Å². The summed E-state index contributed by atoms with van der Waals surface area (Å²) in [7, 11) is 0. The molecule has 1 rings (SSSR count). The number of hydrogen-bond acceptors (Lipinski definition) is 0. The molecular weight excluding hydrogens is 216 g/mol. The largest absolute Gasteiger partial charge is 0.0683 e. The molecule has 0 heteroatoms. The predicted octanol–water partition coefficient (Wildman–Crippen LogP) is 7.47. The Balaban J connectivity index is -0.000000328. The van der Waals surface area contributed by atoms with Crippen molar-refractivity contribution in [2.24, 2.45) is 11.8 Å². The summed E-state index contributed by atoms with van der Waals surface area (Å²) in [5, 5.41) is 0. The van der Waals surface area contributed by atoms with E-state index in [1.807, 2.05) is 41.5 Å². The molecule has 0 saturated heterocycles. The molecule has 1 aliphatic rings. The van der Waals surface area contributed by atoms with Crippen LogP contribution in [0.15, 0.2) is 0 Å². The molecule has 2 unspecified atom stereocenters. The van der Waals surface area contributed by atoms with Crippen molar-refractivity contribution in [3.8, 4) is 0 Å². The van der Waals surface area contributed by atoms with E-state index < -0.39 is 0 Å². The third-order valence-electron chi connectivity index (χ3n) is 3.47. The van der Waals surface area contributed by atoms with Crippen LogP contribution in [0.5, 0.6) is 0 Å². The Morgan fingerprint density at radius 1 is 0.778 bits per heavy atom. The van der Waals surface area contributed by atoms with Crippen LogP contribution in [0.4, 0.5) is 0 Å². The van der Waals surface area contributed by atoms with Crippen molar-refractivity contribution in [3.63, 3.8) is 0 Å². The molecule has 1 saturated carbocycles. The maximum atomic E-state index is 2.44. The summed E-state index contributed by atoms with van der Waals surface area (Å²) in [5.41, 5.74) is 0. The highest BCUT2D eigenvalue weighted by Gasteiger charge is 2.22. The van der Waals surface area contributed by atoms with Gasteiger partial charge in [-0.15, -0.1) is 0 Å². The van der Waals surface area contributed by atoms with E-state index in [1.54, 1.807) is 0 Å². The van der Waals surface area contributed by atoms with Gasteiger partial charge in [0.05, 0.1) is 0 Å². The van der Waals surface area contributed by atoms with Crippen molar-refractivity contribution in [1.29, 1.82) is 0 Å². The van der Waals surface area contributed by atoms with Crippen molar-refractivity contribution >= 4 is 0 Å². The molecule has 2 atom stereocenters. The molecule has 1 fully saturated rings. The maximum absolute atomic E-state index is 2.44. The van der Waals surface area contributed by atoms with E-state index in [-0.39, 0.29) is 0 Å². The van der Waals surface area contributed by atoms with Crippen LogP contribution in [0.25, 0.3) is 0 Å². The quantitative estimate of drug-likeness (QED) is 0.449. The molecule has 0 heterocycles. The molecule has 0 nitrogen and oxygen atoms in total. The summed E-state index contributed by atoms with van der Waals surface area (Å²) in [5.74, 6) is 2.12. The lowest BCUT2D eigenvalue weighted by Crippen LogP contribution is -2.03. The van der Waals surface area contributed by atoms with E-state index >= 15 is 0 Å². The van der Waals surface area contributed by atoms with Crippen LogP contribution in [-0.4, -0.2) is 0 Å². The number of rotatable bonds is 5. The van der Waals surface area contributed by atoms with Gasteiger partial charge in [0.15, 0.2) is 0 Å². The maximum Gasteiger partial charge on any atom is -0.0388 e. The fourth-order valence-electron chi connectivity index (χ4n) is 2.48. The highest BCUT2D eigenvalue weighted by Crippen LogP contribution is 2.34. The normalized spacial score (nSPS) is 20.7. The molecule has 18 heavy (non-hydrogen) atoms. The van der Waals surface area contributed by atoms with Gasteiger partial charge in [0, 0.05) is 0 Å². The third-order valence-corrected chi connectivity index (χ3v) is 3.47. The van der Waals surface area contributed by atoms with Crippen molar-refractivity contribution in [3.05, 3.63) is 0 Å². The average molecular weight is 259 g/mol. The Morgan fingerprint density at radius 2 is 1.33 bits per heavy atom. The zero-order valence-corrected chi connectivity index (χ0v) is 14.8. The van der Waals surface area contributed by atoms with E-state index in [9.17, 15) is 0 Å². The van der Waals surface area contributed by atoms with Crippen LogP contribution < -0.4 is 0 Å². The highest BCUT2D eigenvalue weighted by molar-refractivity contribution is 4.73. The lowest BCUT2D eigenvalue weighted by molar-refractivity contribution is 0.375. The van der Waals surface area contributed by atoms with Crippen LogP contribution in [0.1, 0.15) is 107 Å². The monoisotopic (exact) mass is 258 g/mol. The van der Waals surface area contributed by atoms with Gasteiger partial charge >= 0.3 is 0 Å². The van der Waals surface area contributed by atoms with E-state index in [4.69, 9.17) is 0 Å². The van der Waals surface area contributed by atoms with Crippen molar-refractivity contribution in [2.75, 3.05) is 0 Å². The minimum Gasteiger partial charge on any atom is -0.0683 e. The van der Waals surface area contributed by atoms with Crippen LogP contribution in [-0.2, 0) is 0 Å². The first-order valence-corrected chi connectivity index (χ1v) is 8.84. The second-order valence-electron chi connectivity index (χ2n) is 4.52. The first kappa shape index (κ1) is 23.1. The van der Waals surface area contributed by atoms with Crippen molar-refractivity contribution in [2.45, 2.75) is 107 Å². The van der Waals surface area contributed by atoms with Gasteiger partial charge < -0.3 is 0 Å². The van der Waals surface area contributed by atoms with Gasteiger partial charge in [-0.3, -0.25) is 0 Å². The number of unbranched alkanes of at least 4 members (excludes halogenated alkanes) is 3. The number of hydrogen-bond donors (Lipinski definition) is 0. The summed E-state index contributed by atoms with van der Waals surface area (Å²) in [6.07, 6.45) is 11.8. The van der Waals surface area contributed by atoms with Gasteiger partial charge in [0.1, 0.15) is 0 Å². The predicted molar refractivity (Wildman–Crippen MR) is 89.3 cm³/mol. The molecule has 114 valence electrons. The minimum absolute atomic E-state index is 1.03. The van der Waals surface area contributed by atoms with E-state index in [1.165, 1.54) is 51.4 Å². The molecule has 0 aromatic heterocycles. The van der Waals surface area contributed by atoms with E-state index in [0.29, 0.717) is 0 Å². The molecule has 0 amide bonds. The molecule has 0 bridgehead atoms. The summed E-state index contributed by atoms with van der Waals surface area (Å²) in [6, 6.07) is 0. The van der Waals surface area contributed by atoms with Gasteiger partial charge in [-0.25, -0.2) is 0 Å². The zero-order chi connectivity index (χ0) is 14.8. The van der Waals surface area contributed by atoms with Crippen molar-refractivity contribution in [1.82, 2.24) is 0 Å². The van der Waals surface area contributed by atoms with Crippen LogP contribution >= 0.6 is 0 Å². The zero-order valence-electron chi connectivity index (χ0n) is 14.8. The van der Waals surface area contributed by atoms with E-state index in [0.717, 1.165) is 11.8 Å². The second kappa shape index (κ2) is 22.2. The van der Waals surface area contributed by atoms with Crippen LogP contribution in [0.3, 0.4) is 0 Å². The molecular formula is C18H42. The SMILES string of the molecule is CC.CC.CC.CCCCCCC1CCCC1C. The van der Waals surface area contributed by atoms with Crippen molar-refractivity contribution < 1.29 is 0 Å². The smallest absolute Gasteiger partial charge is 0.0388 e. The molecule has 0 spiro atoms. The fourth-order valence-corrected chi connectivity index (χ4v) is 2.48. The fraction of sp³-hybridized carbons (Fsp3) is 1.00. The molecule has 1 aliphatic carbocycles. The van der Waals surface area contributed by atoms with Crippen LogP contribution in [0, 0.1) is 11.8 Å². The van der Waals surface area contributed by atoms with Gasteiger partial charge in [-0.2, -0.15) is 0 Å². The molecule has 0 aliphatic heterocycles. The lowest BCUT2D eigenvalue weighted by atomic mass is 9.92. The Bertz CT molecular complexity index is 107.